The molecule has 1 unspecified atom stereocenters. The Balaban J connectivity index is 1.43. The molecule has 206 valence electrons. The van der Waals surface area contributed by atoms with Crippen molar-refractivity contribution < 1.29 is 28.5 Å². The van der Waals surface area contributed by atoms with E-state index in [9.17, 15) is 10.1 Å². The molecule has 1 heterocycles. The van der Waals surface area contributed by atoms with Crippen LogP contribution < -0.4 is 29.4 Å². The summed E-state index contributed by atoms with van der Waals surface area (Å²) >= 11 is 6.26. The molecular formula is C32H25ClN2O6. The maximum absolute atomic E-state index is 12.7. The lowest BCUT2D eigenvalue weighted by molar-refractivity contribution is 0.0734. The topological polar surface area (TPSA) is 113 Å². The van der Waals surface area contributed by atoms with Crippen molar-refractivity contribution in [3.8, 4) is 34.8 Å². The van der Waals surface area contributed by atoms with Gasteiger partial charge in [-0.05, 0) is 48.0 Å². The number of ether oxygens (including phenoxy) is 5. The van der Waals surface area contributed by atoms with E-state index in [1.165, 1.54) is 14.2 Å². The van der Waals surface area contributed by atoms with Crippen molar-refractivity contribution in [2.24, 2.45) is 5.73 Å². The lowest BCUT2D eigenvalue weighted by atomic mass is 9.83. The second kappa shape index (κ2) is 11.9. The van der Waals surface area contributed by atoms with E-state index < -0.39 is 11.9 Å². The van der Waals surface area contributed by atoms with E-state index in [0.717, 1.165) is 11.1 Å². The number of carbonyl (C=O) groups excluding carboxylic acids is 1. The number of nitriles is 1. The molecule has 0 amide bonds. The average Bonchev–Trinajstić information content (AvgIpc) is 2.99. The van der Waals surface area contributed by atoms with Gasteiger partial charge in [0.15, 0.2) is 11.5 Å². The third-order valence-corrected chi connectivity index (χ3v) is 6.94. The minimum atomic E-state index is -0.561. The first-order chi connectivity index (χ1) is 19.9. The molecule has 4 aromatic rings. The highest BCUT2D eigenvalue weighted by atomic mass is 35.5. The predicted molar refractivity (Wildman–Crippen MR) is 152 cm³/mol. The number of halogens is 1. The number of hydrogen-bond donors (Lipinski definition) is 1. The number of hydrogen-bond acceptors (Lipinski definition) is 8. The van der Waals surface area contributed by atoms with Gasteiger partial charge in [-0.15, -0.1) is 0 Å². The Labute approximate surface area is 242 Å². The van der Waals surface area contributed by atoms with E-state index >= 15 is 0 Å². The third kappa shape index (κ3) is 5.76. The number of esters is 1. The van der Waals surface area contributed by atoms with Gasteiger partial charge < -0.3 is 29.4 Å². The highest BCUT2D eigenvalue weighted by Crippen LogP contribution is 2.45. The van der Waals surface area contributed by atoms with Crippen LogP contribution in [0.1, 0.15) is 33.0 Å². The summed E-state index contributed by atoms with van der Waals surface area (Å²) in [5.41, 5.74) is 8.99. The molecule has 0 bridgehead atoms. The van der Waals surface area contributed by atoms with Gasteiger partial charge in [-0.3, -0.25) is 0 Å². The van der Waals surface area contributed by atoms with Crippen LogP contribution in [0, 0.1) is 11.3 Å². The van der Waals surface area contributed by atoms with Crippen LogP contribution in [0.5, 0.6) is 28.7 Å². The van der Waals surface area contributed by atoms with Crippen LogP contribution in [-0.4, -0.2) is 20.2 Å². The van der Waals surface area contributed by atoms with Gasteiger partial charge >= 0.3 is 5.97 Å². The SMILES string of the molecule is COc1cccc(C(=O)Oc2ccc3c(c2)OC(N)=C(C#N)C3c2ccc(OCc3ccccc3Cl)c(OC)c2)c1. The first-order valence-electron chi connectivity index (χ1n) is 12.5. The van der Waals surface area contributed by atoms with Gasteiger partial charge in [-0.2, -0.15) is 5.26 Å². The molecule has 1 aliphatic heterocycles. The molecule has 5 rings (SSSR count). The van der Waals surface area contributed by atoms with Crippen molar-refractivity contribution >= 4 is 17.6 Å². The summed E-state index contributed by atoms with van der Waals surface area (Å²) in [4.78, 5) is 12.7. The smallest absolute Gasteiger partial charge is 0.343 e. The maximum Gasteiger partial charge on any atom is 0.343 e. The second-order valence-corrected chi connectivity index (χ2v) is 9.44. The van der Waals surface area contributed by atoms with Crippen LogP contribution in [0.3, 0.4) is 0 Å². The van der Waals surface area contributed by atoms with Crippen LogP contribution in [0.15, 0.2) is 96.4 Å². The van der Waals surface area contributed by atoms with E-state index in [1.54, 1.807) is 60.7 Å². The zero-order chi connectivity index (χ0) is 28.9. The number of nitrogens with zero attached hydrogens (tertiary/aromatic N) is 1. The Kier molecular flexibility index (Phi) is 7.99. The molecular weight excluding hydrogens is 544 g/mol. The van der Waals surface area contributed by atoms with Crippen molar-refractivity contribution in [3.63, 3.8) is 0 Å². The number of rotatable bonds is 8. The fourth-order valence-electron chi connectivity index (χ4n) is 4.51. The molecule has 0 radical (unpaired) electrons. The van der Waals surface area contributed by atoms with E-state index in [4.69, 9.17) is 41.0 Å². The lowest BCUT2D eigenvalue weighted by Gasteiger charge is -2.27. The van der Waals surface area contributed by atoms with Gasteiger partial charge in [0.25, 0.3) is 0 Å². The minimum absolute atomic E-state index is 0.0423. The number of nitrogens with two attached hydrogens (primary N) is 1. The Hall–Kier alpha value is -5.13. The molecule has 2 N–H and O–H groups in total. The monoisotopic (exact) mass is 568 g/mol. The van der Waals surface area contributed by atoms with Gasteiger partial charge in [-0.1, -0.05) is 48.0 Å². The predicted octanol–water partition coefficient (Wildman–Crippen LogP) is 6.37. The molecule has 41 heavy (non-hydrogen) atoms. The van der Waals surface area contributed by atoms with Crippen LogP contribution in [0.4, 0.5) is 0 Å². The molecule has 1 atom stereocenters. The largest absolute Gasteiger partial charge is 0.497 e. The summed E-state index contributed by atoms with van der Waals surface area (Å²) in [6.07, 6.45) is 0. The van der Waals surface area contributed by atoms with E-state index in [-0.39, 0.29) is 23.8 Å². The summed E-state index contributed by atoms with van der Waals surface area (Å²) in [7, 11) is 3.06. The zero-order valence-corrected chi connectivity index (χ0v) is 23.0. The summed E-state index contributed by atoms with van der Waals surface area (Å²) in [5.74, 6) is 0.979. The van der Waals surface area contributed by atoms with E-state index in [2.05, 4.69) is 6.07 Å². The first-order valence-corrected chi connectivity index (χ1v) is 12.9. The fourth-order valence-corrected chi connectivity index (χ4v) is 4.70. The molecule has 9 heteroatoms. The molecule has 0 spiro atoms. The lowest BCUT2D eigenvalue weighted by Crippen LogP contribution is -2.21. The van der Waals surface area contributed by atoms with Crippen LogP contribution >= 0.6 is 11.6 Å². The Morgan fingerprint density at radius 3 is 2.54 bits per heavy atom. The van der Waals surface area contributed by atoms with Crippen molar-refractivity contribution in [1.82, 2.24) is 0 Å². The Morgan fingerprint density at radius 1 is 0.951 bits per heavy atom. The summed E-state index contributed by atoms with van der Waals surface area (Å²) < 4.78 is 28.2. The number of methoxy groups -OCH3 is 2. The van der Waals surface area contributed by atoms with Crippen molar-refractivity contribution in [2.45, 2.75) is 12.5 Å². The second-order valence-electron chi connectivity index (χ2n) is 9.04. The molecule has 0 fully saturated rings. The molecule has 1 aliphatic rings. The number of benzene rings is 4. The van der Waals surface area contributed by atoms with Gasteiger partial charge in [0.05, 0.1) is 25.7 Å². The van der Waals surface area contributed by atoms with Crippen LogP contribution in [0.2, 0.25) is 5.02 Å². The van der Waals surface area contributed by atoms with Gasteiger partial charge in [-0.25, -0.2) is 4.79 Å². The minimum Gasteiger partial charge on any atom is -0.497 e. The molecule has 8 nitrogen and oxygen atoms in total. The highest BCUT2D eigenvalue weighted by molar-refractivity contribution is 6.31. The van der Waals surface area contributed by atoms with E-state index in [0.29, 0.717) is 39.1 Å². The zero-order valence-electron chi connectivity index (χ0n) is 22.2. The molecule has 4 aromatic carbocycles. The van der Waals surface area contributed by atoms with Gasteiger partial charge in [0, 0.05) is 22.2 Å². The van der Waals surface area contributed by atoms with Crippen molar-refractivity contribution in [3.05, 3.63) is 124 Å². The third-order valence-electron chi connectivity index (χ3n) is 6.57. The first kappa shape index (κ1) is 27.4. The normalized spacial score (nSPS) is 13.9. The molecule has 0 aliphatic carbocycles. The van der Waals surface area contributed by atoms with Crippen LogP contribution in [-0.2, 0) is 6.61 Å². The van der Waals surface area contributed by atoms with Gasteiger partial charge in [0.2, 0.25) is 5.88 Å². The number of allylic oxidation sites excluding steroid dienone is 1. The molecule has 0 saturated heterocycles. The van der Waals surface area contributed by atoms with E-state index in [1.807, 2.05) is 24.3 Å². The molecule has 0 aromatic heterocycles. The quantitative estimate of drug-likeness (QED) is 0.193. The highest BCUT2D eigenvalue weighted by Gasteiger charge is 2.32. The van der Waals surface area contributed by atoms with Crippen molar-refractivity contribution in [1.29, 1.82) is 5.26 Å². The molecule has 0 saturated carbocycles. The Bertz CT molecular complexity index is 1690. The van der Waals surface area contributed by atoms with Gasteiger partial charge in [0.1, 0.15) is 35.5 Å². The summed E-state index contributed by atoms with van der Waals surface area (Å²) in [6.45, 7) is 0.253. The standard InChI is InChI=1S/C32H25ClN2O6/c1-37-22-8-5-7-20(14-22)32(36)40-23-11-12-24-28(16-23)41-31(35)25(17-34)30(24)19-10-13-27(29(15-19)38-2)39-18-21-6-3-4-9-26(21)33/h3-16,30H,18,35H2,1-2H3. The van der Waals surface area contributed by atoms with Crippen LogP contribution in [0.25, 0.3) is 0 Å². The summed E-state index contributed by atoms with van der Waals surface area (Å²) in [5, 5.41) is 10.6. The van der Waals surface area contributed by atoms with Crippen molar-refractivity contribution in [2.75, 3.05) is 14.2 Å². The maximum atomic E-state index is 12.7. The number of carbonyl (C=O) groups is 1. The Morgan fingerprint density at radius 2 is 1.78 bits per heavy atom. The summed E-state index contributed by atoms with van der Waals surface area (Å²) in [6, 6.07) is 26.6. The average molecular weight is 569 g/mol. The fraction of sp³-hybridized carbons (Fsp3) is 0.125. The number of fused-ring (bicyclic) bond motifs is 1.